The van der Waals surface area contributed by atoms with E-state index in [-0.39, 0.29) is 5.91 Å². The molecule has 0 spiro atoms. The molecule has 0 aromatic rings. The van der Waals surface area contributed by atoms with Crippen molar-refractivity contribution < 1.29 is 14.3 Å². The van der Waals surface area contributed by atoms with E-state index in [4.69, 9.17) is 11.6 Å². The van der Waals surface area contributed by atoms with Crippen molar-refractivity contribution >= 4 is 22.9 Å². The van der Waals surface area contributed by atoms with Crippen molar-refractivity contribution in [2.75, 3.05) is 13.2 Å². The fraction of sp³-hybridized carbons (Fsp3) is 0.833. The van der Waals surface area contributed by atoms with Gasteiger partial charge in [0.05, 0.1) is 6.61 Å². The molecule has 0 heterocycles. The van der Waals surface area contributed by atoms with E-state index < -0.39 is 5.43 Å². The normalized spacial score (nSPS) is 16.7. The van der Waals surface area contributed by atoms with Crippen LogP contribution in [-0.4, -0.2) is 24.5 Å². The van der Waals surface area contributed by atoms with Crippen LogP contribution >= 0.6 is 11.6 Å². The zero-order chi connectivity index (χ0) is 13.3. The molecule has 1 aliphatic carbocycles. The van der Waals surface area contributed by atoms with Gasteiger partial charge in [0, 0.05) is 25.1 Å². The van der Waals surface area contributed by atoms with Crippen molar-refractivity contribution in [1.29, 1.82) is 0 Å². The van der Waals surface area contributed by atoms with Crippen LogP contribution in [-0.2, 0) is 9.53 Å². The highest BCUT2D eigenvalue weighted by Crippen LogP contribution is 2.36. The number of amides is 1. The number of hydrogen-bond acceptors (Lipinski definition) is 3. The molecule has 1 amide bonds. The average Bonchev–Trinajstić information content (AvgIpc) is 2.64. The Hall–Kier alpha value is -0.770. The zero-order valence-corrected chi connectivity index (χ0v) is 11.6. The second kappa shape index (κ2) is 8.34. The highest BCUT2D eigenvalue weighted by atomic mass is 35.5. The standard InChI is InChI=1S/C9H17NO.C3H5ClO2/c1-8(11)10-7-9(2)5-3-4-6-9;1-2-6-3(4)5/h3-7H2,1-2H3,(H,10,11);2H2,1H3. The van der Waals surface area contributed by atoms with Crippen molar-refractivity contribution in [3.63, 3.8) is 0 Å². The predicted molar refractivity (Wildman–Crippen MR) is 68.1 cm³/mol. The smallest absolute Gasteiger partial charge is 0.403 e. The van der Waals surface area contributed by atoms with Crippen molar-refractivity contribution in [2.45, 2.75) is 46.5 Å². The van der Waals surface area contributed by atoms with E-state index in [1.54, 1.807) is 13.8 Å². The van der Waals surface area contributed by atoms with Crippen molar-refractivity contribution in [3.05, 3.63) is 0 Å². The summed E-state index contributed by atoms with van der Waals surface area (Å²) in [5.41, 5.74) is -0.344. The van der Waals surface area contributed by atoms with E-state index >= 15 is 0 Å². The minimum Gasteiger partial charge on any atom is -0.454 e. The summed E-state index contributed by atoms with van der Waals surface area (Å²) in [7, 11) is 0. The summed E-state index contributed by atoms with van der Waals surface area (Å²) in [5.74, 6) is 0.0955. The summed E-state index contributed by atoms with van der Waals surface area (Å²) < 4.78 is 4.17. The molecule has 100 valence electrons. The summed E-state index contributed by atoms with van der Waals surface area (Å²) in [6.45, 7) is 6.75. The highest BCUT2D eigenvalue weighted by Gasteiger charge is 2.28. The van der Waals surface area contributed by atoms with Gasteiger partial charge in [0.25, 0.3) is 0 Å². The molecule has 0 aromatic heterocycles. The van der Waals surface area contributed by atoms with Crippen molar-refractivity contribution in [2.24, 2.45) is 5.41 Å². The van der Waals surface area contributed by atoms with Gasteiger partial charge in [0.15, 0.2) is 0 Å². The van der Waals surface area contributed by atoms with Gasteiger partial charge in [-0.15, -0.1) is 0 Å². The molecule has 1 saturated carbocycles. The van der Waals surface area contributed by atoms with E-state index in [9.17, 15) is 9.59 Å². The maximum atomic E-state index is 10.6. The molecule has 0 unspecified atom stereocenters. The number of halogens is 1. The van der Waals surface area contributed by atoms with E-state index in [2.05, 4.69) is 17.0 Å². The molecule has 0 bridgehead atoms. The van der Waals surface area contributed by atoms with Crippen molar-refractivity contribution in [3.8, 4) is 0 Å². The van der Waals surface area contributed by atoms with Gasteiger partial charge in [-0.25, -0.2) is 4.79 Å². The second-order valence-corrected chi connectivity index (χ2v) is 4.91. The van der Waals surface area contributed by atoms with Crippen LogP contribution in [0.15, 0.2) is 0 Å². The number of rotatable bonds is 3. The highest BCUT2D eigenvalue weighted by molar-refractivity contribution is 6.61. The van der Waals surface area contributed by atoms with Gasteiger partial charge < -0.3 is 10.1 Å². The molecule has 0 aliphatic heterocycles. The predicted octanol–water partition coefficient (Wildman–Crippen LogP) is 3.08. The molecular formula is C12H22ClNO3. The average molecular weight is 264 g/mol. The van der Waals surface area contributed by atoms with Gasteiger partial charge in [-0.05, 0) is 25.2 Å². The third-order valence-corrected chi connectivity index (χ3v) is 2.94. The van der Waals surface area contributed by atoms with Gasteiger partial charge in [0.2, 0.25) is 5.91 Å². The monoisotopic (exact) mass is 263 g/mol. The Morgan fingerprint density at radius 1 is 1.35 bits per heavy atom. The topological polar surface area (TPSA) is 55.4 Å². The molecular weight excluding hydrogens is 242 g/mol. The molecule has 4 nitrogen and oxygen atoms in total. The van der Waals surface area contributed by atoms with Crippen LogP contribution in [0.2, 0.25) is 0 Å². The Balaban J connectivity index is 0.000000366. The van der Waals surface area contributed by atoms with Crippen molar-refractivity contribution in [1.82, 2.24) is 5.32 Å². The minimum atomic E-state index is -0.738. The molecule has 1 rings (SSSR count). The molecule has 0 radical (unpaired) electrons. The van der Waals surface area contributed by atoms with Gasteiger partial charge in [-0.2, -0.15) is 0 Å². The number of ether oxygens (including phenoxy) is 1. The largest absolute Gasteiger partial charge is 0.454 e. The number of carbonyl (C=O) groups excluding carboxylic acids is 2. The lowest BCUT2D eigenvalue weighted by atomic mass is 9.89. The SMILES string of the molecule is CC(=O)NCC1(C)CCCC1.CCOC(=O)Cl. The van der Waals surface area contributed by atoms with E-state index in [0.717, 1.165) is 6.54 Å². The van der Waals surface area contributed by atoms with E-state index in [0.29, 0.717) is 12.0 Å². The fourth-order valence-electron chi connectivity index (χ4n) is 1.86. The number of hydrogen-bond donors (Lipinski definition) is 1. The number of carbonyl (C=O) groups is 2. The molecule has 1 fully saturated rings. The third-order valence-electron chi connectivity index (χ3n) is 2.83. The van der Waals surface area contributed by atoms with Crippen LogP contribution in [0, 0.1) is 5.41 Å². The molecule has 5 heteroatoms. The molecule has 0 atom stereocenters. The van der Waals surface area contributed by atoms with Gasteiger partial charge >= 0.3 is 5.43 Å². The maximum absolute atomic E-state index is 10.6. The Bertz CT molecular complexity index is 250. The van der Waals surface area contributed by atoms with Crippen LogP contribution in [0.3, 0.4) is 0 Å². The lowest BCUT2D eigenvalue weighted by Gasteiger charge is -2.22. The summed E-state index contributed by atoms with van der Waals surface area (Å²) in [6.07, 6.45) is 5.20. The summed E-state index contributed by atoms with van der Waals surface area (Å²) in [4.78, 5) is 20.2. The van der Waals surface area contributed by atoms with Crippen LogP contribution in [0.4, 0.5) is 4.79 Å². The molecule has 17 heavy (non-hydrogen) atoms. The first-order chi connectivity index (χ1) is 7.89. The lowest BCUT2D eigenvalue weighted by Crippen LogP contribution is -2.32. The van der Waals surface area contributed by atoms with Gasteiger partial charge in [0.1, 0.15) is 0 Å². The Labute approximate surface area is 108 Å². The Morgan fingerprint density at radius 2 is 1.88 bits per heavy atom. The molecule has 1 aliphatic rings. The van der Waals surface area contributed by atoms with Gasteiger partial charge in [-0.1, -0.05) is 19.8 Å². The Morgan fingerprint density at radius 3 is 2.18 bits per heavy atom. The van der Waals surface area contributed by atoms with Crippen LogP contribution in [0.1, 0.15) is 46.5 Å². The minimum absolute atomic E-state index is 0.0955. The van der Waals surface area contributed by atoms with E-state index in [1.807, 2.05) is 0 Å². The first kappa shape index (κ1) is 16.2. The molecule has 0 saturated heterocycles. The maximum Gasteiger partial charge on any atom is 0.403 e. The molecule has 0 aromatic carbocycles. The lowest BCUT2D eigenvalue weighted by molar-refractivity contribution is -0.119. The van der Waals surface area contributed by atoms with E-state index in [1.165, 1.54) is 25.7 Å². The first-order valence-electron chi connectivity index (χ1n) is 5.96. The second-order valence-electron chi connectivity index (χ2n) is 4.60. The summed E-state index contributed by atoms with van der Waals surface area (Å²) >= 11 is 4.72. The van der Waals surface area contributed by atoms with Crippen LogP contribution < -0.4 is 5.32 Å². The Kier molecular flexibility index (Phi) is 7.96. The quantitative estimate of drug-likeness (QED) is 0.796. The number of nitrogens with one attached hydrogen (secondary N) is 1. The fourth-order valence-corrected chi connectivity index (χ4v) is 1.97. The summed E-state index contributed by atoms with van der Waals surface area (Å²) in [5, 5.41) is 2.89. The van der Waals surface area contributed by atoms with Crippen LogP contribution in [0.5, 0.6) is 0 Å². The first-order valence-corrected chi connectivity index (χ1v) is 6.34. The van der Waals surface area contributed by atoms with Crippen LogP contribution in [0.25, 0.3) is 0 Å². The van der Waals surface area contributed by atoms with Gasteiger partial charge in [-0.3, -0.25) is 4.79 Å². The summed E-state index contributed by atoms with van der Waals surface area (Å²) in [6, 6.07) is 0. The zero-order valence-electron chi connectivity index (χ0n) is 10.8. The molecule has 1 N–H and O–H groups in total. The third kappa shape index (κ3) is 8.98.